The standard InChI is InChI=1S/C19H18FN3O5S/c1-27-15-6-8-16(9-7-15)29(25,26)11-10-17(24)21-19-23-22-18(28-19)12-13-2-4-14(20)5-3-13/h2-9H,10-12H2,1H3,(H,21,23,24). The highest BCUT2D eigenvalue weighted by Gasteiger charge is 2.18. The molecule has 29 heavy (non-hydrogen) atoms. The fraction of sp³-hybridized carbons (Fsp3) is 0.211. The Balaban J connectivity index is 1.54. The number of aromatic nitrogens is 2. The first-order valence-corrected chi connectivity index (χ1v) is 10.2. The van der Waals surface area contributed by atoms with Crippen molar-refractivity contribution in [1.29, 1.82) is 0 Å². The third-order valence-corrected chi connectivity index (χ3v) is 5.73. The van der Waals surface area contributed by atoms with Crippen molar-refractivity contribution >= 4 is 21.8 Å². The second kappa shape index (κ2) is 8.82. The number of benzene rings is 2. The summed E-state index contributed by atoms with van der Waals surface area (Å²) >= 11 is 0. The van der Waals surface area contributed by atoms with Crippen LogP contribution in [0.25, 0.3) is 0 Å². The Morgan fingerprint density at radius 2 is 1.79 bits per heavy atom. The molecule has 1 heterocycles. The van der Waals surface area contributed by atoms with Crippen LogP contribution in [0.5, 0.6) is 5.75 Å². The number of ether oxygens (including phenoxy) is 1. The maximum absolute atomic E-state index is 12.9. The predicted molar refractivity (Wildman–Crippen MR) is 102 cm³/mol. The monoisotopic (exact) mass is 419 g/mol. The van der Waals surface area contributed by atoms with Gasteiger partial charge in [-0.3, -0.25) is 10.1 Å². The van der Waals surface area contributed by atoms with E-state index in [0.29, 0.717) is 5.75 Å². The first-order chi connectivity index (χ1) is 13.9. The molecule has 0 radical (unpaired) electrons. The number of amides is 1. The Morgan fingerprint density at radius 3 is 2.45 bits per heavy atom. The third-order valence-electron chi connectivity index (χ3n) is 4.00. The van der Waals surface area contributed by atoms with Crippen molar-refractivity contribution in [3.8, 4) is 5.75 Å². The van der Waals surface area contributed by atoms with Gasteiger partial charge in [0.25, 0.3) is 0 Å². The average molecular weight is 419 g/mol. The summed E-state index contributed by atoms with van der Waals surface area (Å²) in [5.41, 5.74) is 0.763. The summed E-state index contributed by atoms with van der Waals surface area (Å²) in [6.07, 6.45) is -0.000955. The minimum Gasteiger partial charge on any atom is -0.497 e. The lowest BCUT2D eigenvalue weighted by Crippen LogP contribution is -2.17. The molecule has 2 aromatic carbocycles. The molecule has 0 aliphatic heterocycles. The number of rotatable bonds is 8. The topological polar surface area (TPSA) is 111 Å². The van der Waals surface area contributed by atoms with Crippen LogP contribution in [0.4, 0.5) is 10.4 Å². The summed E-state index contributed by atoms with van der Waals surface area (Å²) in [4.78, 5) is 12.1. The van der Waals surface area contributed by atoms with Crippen LogP contribution >= 0.6 is 0 Å². The maximum atomic E-state index is 12.9. The summed E-state index contributed by atoms with van der Waals surface area (Å²) in [5, 5.41) is 9.89. The van der Waals surface area contributed by atoms with Crippen molar-refractivity contribution in [2.75, 3.05) is 18.2 Å². The van der Waals surface area contributed by atoms with Gasteiger partial charge < -0.3 is 9.15 Å². The third kappa shape index (κ3) is 5.61. The predicted octanol–water partition coefficient (Wildman–Crippen LogP) is 2.61. The van der Waals surface area contributed by atoms with Crippen molar-refractivity contribution in [3.63, 3.8) is 0 Å². The second-order valence-corrected chi connectivity index (χ2v) is 8.21. The van der Waals surface area contributed by atoms with Crippen LogP contribution < -0.4 is 10.1 Å². The minimum atomic E-state index is -3.63. The molecule has 1 aromatic heterocycles. The lowest BCUT2D eigenvalue weighted by molar-refractivity contribution is -0.116. The van der Waals surface area contributed by atoms with Gasteiger partial charge in [0.2, 0.25) is 11.8 Å². The van der Waals surface area contributed by atoms with Gasteiger partial charge in [-0.15, -0.1) is 5.10 Å². The Labute approximate surface area is 166 Å². The highest BCUT2D eigenvalue weighted by molar-refractivity contribution is 7.91. The first-order valence-electron chi connectivity index (χ1n) is 8.59. The van der Waals surface area contributed by atoms with E-state index in [0.717, 1.165) is 5.56 Å². The molecule has 10 heteroatoms. The molecular weight excluding hydrogens is 401 g/mol. The van der Waals surface area contributed by atoms with E-state index in [4.69, 9.17) is 9.15 Å². The molecule has 0 fully saturated rings. The number of anilines is 1. The molecule has 152 valence electrons. The largest absolute Gasteiger partial charge is 0.497 e. The van der Waals surface area contributed by atoms with Crippen LogP contribution in [0.3, 0.4) is 0 Å². The number of sulfone groups is 1. The maximum Gasteiger partial charge on any atom is 0.322 e. The van der Waals surface area contributed by atoms with Crippen LogP contribution in [0.1, 0.15) is 17.9 Å². The van der Waals surface area contributed by atoms with E-state index < -0.39 is 15.7 Å². The van der Waals surface area contributed by atoms with Gasteiger partial charge in [0.05, 0.1) is 24.2 Å². The lowest BCUT2D eigenvalue weighted by atomic mass is 10.1. The Kier molecular flexibility index (Phi) is 6.23. The van der Waals surface area contributed by atoms with Gasteiger partial charge in [-0.2, -0.15) is 0 Å². The van der Waals surface area contributed by atoms with Gasteiger partial charge in [-0.25, -0.2) is 12.8 Å². The number of halogens is 1. The van der Waals surface area contributed by atoms with Crippen LogP contribution in [-0.4, -0.2) is 37.4 Å². The van der Waals surface area contributed by atoms with Gasteiger partial charge in [0.15, 0.2) is 9.84 Å². The number of hydrogen-bond acceptors (Lipinski definition) is 7. The first kappa shape index (κ1) is 20.5. The number of methoxy groups -OCH3 is 1. The van der Waals surface area contributed by atoms with Crippen molar-refractivity contribution in [2.45, 2.75) is 17.7 Å². The molecule has 0 unspecified atom stereocenters. The quantitative estimate of drug-likeness (QED) is 0.597. The fourth-order valence-electron chi connectivity index (χ4n) is 2.46. The molecule has 0 saturated carbocycles. The van der Waals surface area contributed by atoms with E-state index in [2.05, 4.69) is 15.5 Å². The van der Waals surface area contributed by atoms with E-state index in [1.165, 1.54) is 43.5 Å². The van der Waals surface area contributed by atoms with E-state index in [9.17, 15) is 17.6 Å². The molecule has 0 bridgehead atoms. The van der Waals surface area contributed by atoms with Gasteiger partial charge in [-0.1, -0.05) is 17.2 Å². The Hall–Kier alpha value is -3.27. The summed E-state index contributed by atoms with van der Waals surface area (Å²) in [6.45, 7) is 0. The van der Waals surface area contributed by atoms with Crippen LogP contribution in [0.2, 0.25) is 0 Å². The Morgan fingerprint density at radius 1 is 1.10 bits per heavy atom. The van der Waals surface area contributed by atoms with Crippen molar-refractivity contribution in [1.82, 2.24) is 10.2 Å². The molecular formula is C19H18FN3O5S. The number of hydrogen-bond donors (Lipinski definition) is 1. The SMILES string of the molecule is COc1ccc(S(=O)(=O)CCC(=O)Nc2nnc(Cc3ccc(F)cc3)o2)cc1. The number of carbonyl (C=O) groups is 1. The molecule has 1 amide bonds. The molecule has 0 aliphatic rings. The number of carbonyl (C=O) groups excluding carboxylic acids is 1. The van der Waals surface area contributed by atoms with Gasteiger partial charge in [0.1, 0.15) is 11.6 Å². The number of nitrogens with zero attached hydrogens (tertiary/aromatic N) is 2. The zero-order chi connectivity index (χ0) is 20.9. The van der Waals surface area contributed by atoms with Crippen molar-refractivity contribution in [2.24, 2.45) is 0 Å². The molecule has 0 atom stereocenters. The van der Waals surface area contributed by atoms with Gasteiger partial charge >= 0.3 is 6.01 Å². The second-order valence-electron chi connectivity index (χ2n) is 6.10. The average Bonchev–Trinajstić information content (AvgIpc) is 3.15. The highest BCUT2D eigenvalue weighted by atomic mass is 32.2. The van der Waals surface area contributed by atoms with Crippen LogP contribution in [-0.2, 0) is 21.1 Å². The number of nitrogens with one attached hydrogen (secondary N) is 1. The Bertz CT molecular complexity index is 1080. The molecule has 1 N–H and O–H groups in total. The molecule has 0 spiro atoms. The zero-order valence-corrected chi connectivity index (χ0v) is 16.3. The summed E-state index contributed by atoms with van der Waals surface area (Å²) in [5.74, 6) is -0.523. The molecule has 8 nitrogen and oxygen atoms in total. The van der Waals surface area contributed by atoms with Crippen LogP contribution in [0, 0.1) is 5.82 Å². The van der Waals surface area contributed by atoms with E-state index in [-0.39, 0.29) is 41.2 Å². The van der Waals surface area contributed by atoms with Crippen molar-refractivity contribution in [3.05, 3.63) is 65.8 Å². The highest BCUT2D eigenvalue weighted by Crippen LogP contribution is 2.18. The zero-order valence-electron chi connectivity index (χ0n) is 15.5. The molecule has 3 rings (SSSR count). The fourth-order valence-corrected chi connectivity index (χ4v) is 3.70. The van der Waals surface area contributed by atoms with E-state index in [1.807, 2.05) is 0 Å². The smallest absolute Gasteiger partial charge is 0.322 e. The lowest BCUT2D eigenvalue weighted by Gasteiger charge is -2.05. The van der Waals surface area contributed by atoms with Gasteiger partial charge in [-0.05, 0) is 42.0 Å². The summed E-state index contributed by atoms with van der Waals surface area (Å²) in [6, 6.07) is 11.6. The van der Waals surface area contributed by atoms with Crippen molar-refractivity contribution < 1.29 is 26.8 Å². The molecule has 0 saturated heterocycles. The summed E-state index contributed by atoms with van der Waals surface area (Å²) in [7, 11) is -2.14. The molecule has 0 aliphatic carbocycles. The summed E-state index contributed by atoms with van der Waals surface area (Å²) < 4.78 is 47.9. The molecule has 3 aromatic rings. The van der Waals surface area contributed by atoms with E-state index in [1.54, 1.807) is 12.1 Å². The van der Waals surface area contributed by atoms with E-state index >= 15 is 0 Å². The minimum absolute atomic E-state index is 0.102. The van der Waals surface area contributed by atoms with Gasteiger partial charge in [0, 0.05) is 6.42 Å². The van der Waals surface area contributed by atoms with Crippen LogP contribution in [0.15, 0.2) is 57.8 Å². The normalized spacial score (nSPS) is 11.2.